The highest BCUT2D eigenvalue weighted by Gasteiger charge is 2.26. The SMILES string of the molecule is CC/N=C/C=C(\C=C\C1=C(C)CCCC1(C)C)C(=O)OC. The topological polar surface area (TPSA) is 38.7 Å². The van der Waals surface area contributed by atoms with Crippen molar-refractivity contribution in [3.05, 3.63) is 34.9 Å². The number of rotatable bonds is 5. The second kappa shape index (κ2) is 7.96. The molecule has 1 aliphatic carbocycles. The zero-order chi connectivity index (χ0) is 15.9. The maximum Gasteiger partial charge on any atom is 0.337 e. The molecule has 0 heterocycles. The summed E-state index contributed by atoms with van der Waals surface area (Å²) in [5, 5.41) is 0. The number of aliphatic imine (C=N–C) groups is 1. The Kier molecular flexibility index (Phi) is 6.60. The highest BCUT2D eigenvalue weighted by molar-refractivity contribution is 5.96. The first-order valence-electron chi connectivity index (χ1n) is 7.59. The fourth-order valence-electron chi connectivity index (χ4n) is 2.73. The molecule has 0 aromatic carbocycles. The fraction of sp³-hybridized carbons (Fsp3) is 0.556. The van der Waals surface area contributed by atoms with Crippen molar-refractivity contribution >= 4 is 12.2 Å². The Balaban J connectivity index is 3.04. The molecule has 0 unspecified atom stereocenters. The summed E-state index contributed by atoms with van der Waals surface area (Å²) in [4.78, 5) is 15.9. The van der Waals surface area contributed by atoms with Crippen molar-refractivity contribution in [3.63, 3.8) is 0 Å². The van der Waals surface area contributed by atoms with Gasteiger partial charge in [-0.05, 0) is 56.3 Å². The van der Waals surface area contributed by atoms with Crippen LogP contribution in [0.3, 0.4) is 0 Å². The molecule has 1 aliphatic rings. The van der Waals surface area contributed by atoms with Gasteiger partial charge in [-0.2, -0.15) is 0 Å². The highest BCUT2D eigenvalue weighted by atomic mass is 16.5. The Hall–Kier alpha value is -1.64. The van der Waals surface area contributed by atoms with E-state index >= 15 is 0 Å². The van der Waals surface area contributed by atoms with Crippen LogP contribution in [0.5, 0.6) is 0 Å². The predicted octanol–water partition coefficient (Wildman–Crippen LogP) is 4.26. The van der Waals surface area contributed by atoms with Crippen LogP contribution in [0, 0.1) is 5.41 Å². The van der Waals surface area contributed by atoms with Crippen LogP contribution in [-0.4, -0.2) is 25.8 Å². The summed E-state index contributed by atoms with van der Waals surface area (Å²) in [7, 11) is 1.40. The van der Waals surface area contributed by atoms with Gasteiger partial charge in [-0.15, -0.1) is 0 Å². The molecular weight excluding hydrogens is 262 g/mol. The van der Waals surface area contributed by atoms with Gasteiger partial charge in [0.2, 0.25) is 0 Å². The lowest BCUT2D eigenvalue weighted by Crippen LogP contribution is -2.19. The summed E-state index contributed by atoms with van der Waals surface area (Å²) in [6.45, 7) is 9.36. The molecule has 21 heavy (non-hydrogen) atoms. The van der Waals surface area contributed by atoms with Crippen molar-refractivity contribution < 1.29 is 9.53 Å². The first kappa shape index (κ1) is 17.4. The van der Waals surface area contributed by atoms with Crippen molar-refractivity contribution in [2.45, 2.75) is 47.0 Å². The van der Waals surface area contributed by atoms with Gasteiger partial charge < -0.3 is 4.74 Å². The monoisotopic (exact) mass is 289 g/mol. The number of hydrogen-bond donors (Lipinski definition) is 0. The van der Waals surface area contributed by atoms with Crippen molar-refractivity contribution in [1.29, 1.82) is 0 Å². The third-order valence-corrected chi connectivity index (χ3v) is 3.94. The highest BCUT2D eigenvalue weighted by Crippen LogP contribution is 2.40. The van der Waals surface area contributed by atoms with Crippen LogP contribution in [0.1, 0.15) is 47.0 Å². The van der Waals surface area contributed by atoms with Crippen LogP contribution in [-0.2, 0) is 9.53 Å². The number of allylic oxidation sites excluding steroid dienone is 4. The number of ether oxygens (including phenoxy) is 1. The molecule has 3 heteroatoms. The first-order chi connectivity index (χ1) is 9.92. The van der Waals surface area contributed by atoms with Gasteiger partial charge in [0.05, 0.1) is 12.7 Å². The maximum atomic E-state index is 11.8. The van der Waals surface area contributed by atoms with Crippen LogP contribution >= 0.6 is 0 Å². The summed E-state index contributed by atoms with van der Waals surface area (Å²) in [6, 6.07) is 0. The van der Waals surface area contributed by atoms with Crippen LogP contribution in [0.2, 0.25) is 0 Å². The summed E-state index contributed by atoms with van der Waals surface area (Å²) >= 11 is 0. The second-order valence-electron chi connectivity index (χ2n) is 6.03. The largest absolute Gasteiger partial charge is 0.465 e. The van der Waals surface area contributed by atoms with Gasteiger partial charge in [-0.3, -0.25) is 4.99 Å². The predicted molar refractivity (Wildman–Crippen MR) is 88.6 cm³/mol. The van der Waals surface area contributed by atoms with E-state index in [9.17, 15) is 4.79 Å². The van der Waals surface area contributed by atoms with E-state index in [0.29, 0.717) is 12.1 Å². The van der Waals surface area contributed by atoms with E-state index in [1.807, 2.05) is 13.0 Å². The van der Waals surface area contributed by atoms with Crippen LogP contribution < -0.4 is 0 Å². The molecule has 3 nitrogen and oxygen atoms in total. The molecule has 0 saturated carbocycles. The molecule has 0 amide bonds. The minimum atomic E-state index is -0.333. The molecule has 0 N–H and O–H groups in total. The van der Waals surface area contributed by atoms with Crippen molar-refractivity contribution in [1.82, 2.24) is 0 Å². The Morgan fingerprint density at radius 2 is 2.14 bits per heavy atom. The van der Waals surface area contributed by atoms with Gasteiger partial charge in [0.15, 0.2) is 0 Å². The fourth-order valence-corrected chi connectivity index (χ4v) is 2.73. The zero-order valence-corrected chi connectivity index (χ0v) is 13.9. The van der Waals surface area contributed by atoms with Gasteiger partial charge in [-0.25, -0.2) is 4.79 Å². The maximum absolute atomic E-state index is 11.8. The Bertz CT molecular complexity index is 493. The van der Waals surface area contributed by atoms with Crippen molar-refractivity contribution in [2.24, 2.45) is 10.4 Å². The Morgan fingerprint density at radius 1 is 1.43 bits per heavy atom. The molecular formula is C18H27NO2. The van der Waals surface area contributed by atoms with E-state index in [1.54, 1.807) is 12.3 Å². The standard InChI is InChI=1S/C18H27NO2/c1-6-19-13-11-15(17(20)21-5)9-10-16-14(2)8-7-12-18(16,3)4/h9-11,13H,6-8,12H2,1-5H3/b10-9+,15-11+,19-13+. The second-order valence-corrected chi connectivity index (χ2v) is 6.03. The number of nitrogens with zero attached hydrogens (tertiary/aromatic N) is 1. The Labute approximate surface area is 128 Å². The van der Waals surface area contributed by atoms with Gasteiger partial charge in [-0.1, -0.05) is 25.5 Å². The van der Waals surface area contributed by atoms with E-state index in [1.165, 1.54) is 31.1 Å². The van der Waals surface area contributed by atoms with E-state index < -0.39 is 0 Å². The van der Waals surface area contributed by atoms with E-state index in [4.69, 9.17) is 4.74 Å². The molecule has 0 fully saturated rings. The lowest BCUT2D eigenvalue weighted by atomic mass is 9.72. The van der Waals surface area contributed by atoms with Gasteiger partial charge in [0.25, 0.3) is 0 Å². The van der Waals surface area contributed by atoms with Crippen molar-refractivity contribution in [3.8, 4) is 0 Å². The van der Waals surface area contributed by atoms with Gasteiger partial charge >= 0.3 is 5.97 Å². The number of hydrogen-bond acceptors (Lipinski definition) is 3. The molecule has 0 saturated heterocycles. The molecule has 0 bridgehead atoms. The molecule has 1 rings (SSSR count). The zero-order valence-electron chi connectivity index (χ0n) is 13.9. The van der Waals surface area contributed by atoms with E-state index in [2.05, 4.69) is 31.8 Å². The number of esters is 1. The lowest BCUT2D eigenvalue weighted by Gasteiger charge is -2.32. The summed E-state index contributed by atoms with van der Waals surface area (Å²) < 4.78 is 4.83. The molecule has 0 aliphatic heterocycles. The van der Waals surface area contributed by atoms with Crippen LogP contribution in [0.4, 0.5) is 0 Å². The van der Waals surface area contributed by atoms with Crippen LogP contribution in [0.15, 0.2) is 39.9 Å². The third kappa shape index (κ3) is 5.00. The minimum Gasteiger partial charge on any atom is -0.465 e. The number of carbonyl (C=O) groups excluding carboxylic acids is 1. The summed E-state index contributed by atoms with van der Waals surface area (Å²) in [6.07, 6.45) is 10.8. The average molecular weight is 289 g/mol. The van der Waals surface area contributed by atoms with Gasteiger partial charge in [0.1, 0.15) is 0 Å². The van der Waals surface area contributed by atoms with Crippen LogP contribution in [0.25, 0.3) is 0 Å². The molecule has 0 atom stereocenters. The molecule has 0 aromatic heterocycles. The summed E-state index contributed by atoms with van der Waals surface area (Å²) in [5.74, 6) is -0.333. The Morgan fingerprint density at radius 3 is 2.71 bits per heavy atom. The average Bonchev–Trinajstić information content (AvgIpc) is 2.43. The lowest BCUT2D eigenvalue weighted by molar-refractivity contribution is -0.135. The molecule has 0 aromatic rings. The first-order valence-corrected chi connectivity index (χ1v) is 7.59. The minimum absolute atomic E-state index is 0.164. The third-order valence-electron chi connectivity index (χ3n) is 3.94. The van der Waals surface area contributed by atoms with Gasteiger partial charge in [0, 0.05) is 12.8 Å². The summed E-state index contributed by atoms with van der Waals surface area (Å²) in [5.41, 5.74) is 3.43. The number of carbonyl (C=O) groups is 1. The van der Waals surface area contributed by atoms with E-state index in [0.717, 1.165) is 6.42 Å². The quantitative estimate of drug-likeness (QED) is 0.328. The normalized spacial score (nSPS) is 19.6. The molecule has 0 radical (unpaired) electrons. The van der Waals surface area contributed by atoms with E-state index in [-0.39, 0.29) is 11.4 Å². The van der Waals surface area contributed by atoms with Crippen molar-refractivity contribution in [2.75, 3.05) is 13.7 Å². The smallest absolute Gasteiger partial charge is 0.337 e. The molecule has 116 valence electrons. The molecule has 0 spiro atoms. The number of methoxy groups -OCH3 is 1.